The second-order valence-electron chi connectivity index (χ2n) is 9.13. The monoisotopic (exact) mass is 512 g/mol. The summed E-state index contributed by atoms with van der Waals surface area (Å²) in [5, 5.41) is 12.1. The molecule has 0 aromatic heterocycles. The predicted molar refractivity (Wildman–Crippen MR) is 132 cm³/mol. The molecular formula is C27H32N2O8. The van der Waals surface area contributed by atoms with Crippen LogP contribution in [0.5, 0.6) is 11.5 Å². The van der Waals surface area contributed by atoms with Gasteiger partial charge in [-0.05, 0) is 38.0 Å². The standard InChI is InChI=1S/C27H32N2O8/c1-17-14-19(11-13-36-17)29(16-18-8-9-20(34-2)15-24(18)35-3)37-27(33)23(30)10-12-28-25(31)21-6-4-5-7-22(21)26(28)32/h4-9,15,17,19,23,30H,10-14,16H2,1-3H3/t17-,19-,23+/m1/s1. The van der Waals surface area contributed by atoms with Crippen LogP contribution in [-0.4, -0.2) is 78.5 Å². The Balaban J connectivity index is 1.43. The number of hydrogen-bond donors (Lipinski definition) is 1. The summed E-state index contributed by atoms with van der Waals surface area (Å²) >= 11 is 0. The molecule has 198 valence electrons. The molecule has 4 rings (SSSR count). The number of rotatable bonds is 10. The van der Waals surface area contributed by atoms with Gasteiger partial charge in [0.1, 0.15) is 11.5 Å². The van der Waals surface area contributed by atoms with Gasteiger partial charge in [-0.15, -0.1) is 5.06 Å². The number of nitrogens with zero attached hydrogens (tertiary/aromatic N) is 2. The van der Waals surface area contributed by atoms with Gasteiger partial charge in [0.2, 0.25) is 0 Å². The van der Waals surface area contributed by atoms with Gasteiger partial charge in [0, 0.05) is 31.2 Å². The van der Waals surface area contributed by atoms with Crippen LogP contribution < -0.4 is 9.47 Å². The first-order valence-corrected chi connectivity index (χ1v) is 12.3. The summed E-state index contributed by atoms with van der Waals surface area (Å²) in [6.45, 7) is 2.59. The number of carbonyl (C=O) groups excluding carboxylic acids is 3. The average Bonchev–Trinajstić information content (AvgIpc) is 3.16. The van der Waals surface area contributed by atoms with E-state index >= 15 is 0 Å². The highest BCUT2D eigenvalue weighted by Crippen LogP contribution is 2.29. The summed E-state index contributed by atoms with van der Waals surface area (Å²) in [6, 6.07) is 11.8. The summed E-state index contributed by atoms with van der Waals surface area (Å²) in [4.78, 5) is 44.8. The number of fused-ring (bicyclic) bond motifs is 1. The minimum absolute atomic E-state index is 0.0172. The van der Waals surface area contributed by atoms with Crippen LogP contribution in [0.15, 0.2) is 42.5 Å². The van der Waals surface area contributed by atoms with Crippen LogP contribution in [0, 0.1) is 0 Å². The smallest absolute Gasteiger partial charge is 0.353 e. The van der Waals surface area contributed by atoms with Crippen LogP contribution in [-0.2, 0) is 20.9 Å². The van der Waals surface area contributed by atoms with Crippen molar-refractivity contribution in [3.05, 3.63) is 59.2 Å². The highest BCUT2D eigenvalue weighted by Gasteiger charge is 2.36. The first-order valence-electron chi connectivity index (χ1n) is 12.3. The molecule has 3 atom stereocenters. The number of benzene rings is 2. The van der Waals surface area contributed by atoms with Gasteiger partial charge in [0.15, 0.2) is 6.10 Å². The van der Waals surface area contributed by atoms with Crippen LogP contribution in [0.3, 0.4) is 0 Å². The molecule has 0 radical (unpaired) electrons. The van der Waals surface area contributed by atoms with Crippen LogP contribution in [0.25, 0.3) is 0 Å². The van der Waals surface area contributed by atoms with E-state index < -0.39 is 23.9 Å². The number of hydrogen-bond acceptors (Lipinski definition) is 9. The maximum absolute atomic E-state index is 12.9. The van der Waals surface area contributed by atoms with E-state index in [1.807, 2.05) is 13.0 Å². The molecule has 2 aliphatic heterocycles. The Morgan fingerprint density at radius 3 is 2.46 bits per heavy atom. The van der Waals surface area contributed by atoms with E-state index in [1.54, 1.807) is 55.7 Å². The van der Waals surface area contributed by atoms with E-state index in [0.29, 0.717) is 42.1 Å². The molecule has 0 saturated carbocycles. The van der Waals surface area contributed by atoms with Gasteiger partial charge in [-0.3, -0.25) is 14.5 Å². The first kappa shape index (κ1) is 26.6. The summed E-state index contributed by atoms with van der Waals surface area (Å²) in [5.74, 6) is -0.529. The minimum Gasteiger partial charge on any atom is -0.497 e. The SMILES string of the molecule is COc1ccc(CN(OC(=O)[C@@H](O)CCN2C(=O)c3ccccc3C2=O)[C@@H]2CCO[C@H](C)C2)c(OC)c1. The van der Waals surface area contributed by atoms with Gasteiger partial charge in [-0.2, -0.15) is 0 Å². The van der Waals surface area contributed by atoms with E-state index in [1.165, 1.54) is 0 Å². The normalized spacial score (nSPS) is 20.1. The van der Waals surface area contributed by atoms with Crippen LogP contribution in [0.1, 0.15) is 52.5 Å². The Bertz CT molecular complexity index is 1120. The molecule has 2 aliphatic rings. The first-order chi connectivity index (χ1) is 17.8. The van der Waals surface area contributed by atoms with Gasteiger partial charge in [-0.25, -0.2) is 4.79 Å². The molecule has 2 heterocycles. The molecule has 2 amide bonds. The maximum Gasteiger partial charge on any atom is 0.353 e. The third kappa shape index (κ3) is 5.93. The number of imide groups is 1. The van der Waals surface area contributed by atoms with Gasteiger partial charge in [-0.1, -0.05) is 18.2 Å². The Morgan fingerprint density at radius 2 is 1.84 bits per heavy atom. The van der Waals surface area contributed by atoms with E-state index in [-0.39, 0.29) is 31.7 Å². The molecule has 10 heteroatoms. The van der Waals surface area contributed by atoms with Crippen molar-refractivity contribution in [2.45, 2.75) is 51.0 Å². The minimum atomic E-state index is -1.53. The lowest BCUT2D eigenvalue weighted by molar-refractivity contribution is -0.224. The van der Waals surface area contributed by atoms with Crippen molar-refractivity contribution in [1.82, 2.24) is 9.96 Å². The third-order valence-electron chi connectivity index (χ3n) is 6.67. The topological polar surface area (TPSA) is 115 Å². The lowest BCUT2D eigenvalue weighted by Crippen LogP contribution is -2.44. The molecule has 10 nitrogen and oxygen atoms in total. The zero-order valence-electron chi connectivity index (χ0n) is 21.2. The molecule has 0 spiro atoms. The largest absolute Gasteiger partial charge is 0.497 e. The summed E-state index contributed by atoms with van der Waals surface area (Å²) in [6.07, 6.45) is -0.412. The quantitative estimate of drug-likeness (QED) is 0.379. The Labute approximate surface area is 215 Å². The Morgan fingerprint density at radius 1 is 1.14 bits per heavy atom. The second kappa shape index (κ2) is 11.7. The van der Waals surface area contributed by atoms with Crippen LogP contribution in [0.2, 0.25) is 0 Å². The molecule has 0 aliphatic carbocycles. The number of methoxy groups -OCH3 is 2. The molecule has 0 unspecified atom stereocenters. The van der Waals surface area contributed by atoms with Crippen LogP contribution in [0.4, 0.5) is 0 Å². The maximum atomic E-state index is 12.9. The molecule has 1 fully saturated rings. The fraction of sp³-hybridized carbons (Fsp3) is 0.444. The zero-order valence-corrected chi connectivity index (χ0v) is 21.2. The summed E-state index contributed by atoms with van der Waals surface area (Å²) in [7, 11) is 3.11. The second-order valence-corrected chi connectivity index (χ2v) is 9.13. The van der Waals surface area contributed by atoms with Crippen LogP contribution >= 0.6 is 0 Å². The van der Waals surface area contributed by atoms with E-state index in [2.05, 4.69) is 0 Å². The van der Waals surface area contributed by atoms with Crippen molar-refractivity contribution in [3.63, 3.8) is 0 Å². The summed E-state index contributed by atoms with van der Waals surface area (Å²) < 4.78 is 16.4. The predicted octanol–water partition coefficient (Wildman–Crippen LogP) is 2.58. The van der Waals surface area contributed by atoms with Crippen molar-refractivity contribution in [3.8, 4) is 11.5 Å². The van der Waals surface area contributed by atoms with Gasteiger partial charge < -0.3 is 24.2 Å². The average molecular weight is 513 g/mol. The number of hydroxylamine groups is 2. The van der Waals surface area contributed by atoms with E-state index in [9.17, 15) is 19.5 Å². The van der Waals surface area contributed by atoms with Crippen molar-refractivity contribution in [2.24, 2.45) is 0 Å². The molecule has 37 heavy (non-hydrogen) atoms. The van der Waals surface area contributed by atoms with Crippen molar-refractivity contribution < 1.29 is 38.5 Å². The molecule has 1 N–H and O–H groups in total. The molecule has 2 aromatic carbocycles. The van der Waals surface area contributed by atoms with Gasteiger partial charge in [0.05, 0.1) is 44.0 Å². The summed E-state index contributed by atoms with van der Waals surface area (Å²) in [5.41, 5.74) is 1.41. The number of amides is 2. The molecule has 0 bridgehead atoms. The van der Waals surface area contributed by atoms with Crippen molar-refractivity contribution in [2.75, 3.05) is 27.4 Å². The number of carbonyl (C=O) groups is 3. The van der Waals surface area contributed by atoms with Crippen molar-refractivity contribution >= 4 is 17.8 Å². The molecule has 2 aromatic rings. The van der Waals surface area contributed by atoms with Gasteiger partial charge >= 0.3 is 5.97 Å². The van der Waals surface area contributed by atoms with Crippen molar-refractivity contribution in [1.29, 1.82) is 0 Å². The Kier molecular flexibility index (Phi) is 8.42. The molecule has 1 saturated heterocycles. The third-order valence-corrected chi connectivity index (χ3v) is 6.67. The number of aliphatic hydroxyl groups excluding tert-OH is 1. The van der Waals surface area contributed by atoms with Gasteiger partial charge in [0.25, 0.3) is 11.8 Å². The van der Waals surface area contributed by atoms with E-state index in [0.717, 1.165) is 10.5 Å². The lowest BCUT2D eigenvalue weighted by Gasteiger charge is -2.35. The Hall–Kier alpha value is -3.47. The fourth-order valence-corrected chi connectivity index (χ4v) is 4.61. The number of ether oxygens (including phenoxy) is 3. The fourth-order valence-electron chi connectivity index (χ4n) is 4.61. The zero-order chi connectivity index (χ0) is 26.5. The highest BCUT2D eigenvalue weighted by atomic mass is 16.7. The number of aliphatic hydroxyl groups is 1. The highest BCUT2D eigenvalue weighted by molar-refractivity contribution is 6.21. The lowest BCUT2D eigenvalue weighted by atomic mass is 10.0. The molecular weight excluding hydrogens is 480 g/mol. The van der Waals surface area contributed by atoms with E-state index in [4.69, 9.17) is 19.0 Å².